The fourth-order valence-electron chi connectivity index (χ4n) is 2.19. The van der Waals surface area contributed by atoms with Gasteiger partial charge in [-0.25, -0.2) is 13.1 Å². The summed E-state index contributed by atoms with van der Waals surface area (Å²) in [7, 11) is -1.42. The van der Waals surface area contributed by atoms with Crippen LogP contribution >= 0.6 is 0 Å². The molecule has 1 fully saturated rings. The van der Waals surface area contributed by atoms with Gasteiger partial charge >= 0.3 is 0 Å². The fourth-order valence-corrected chi connectivity index (χ4v) is 3.44. The van der Waals surface area contributed by atoms with Crippen LogP contribution in [-0.2, 0) is 14.8 Å². The lowest BCUT2D eigenvalue weighted by molar-refractivity contribution is 0.173. The molecule has 0 aromatic carbocycles. The number of unbranched alkanes of at least 4 members (excludes halogenated alkanes) is 1. The van der Waals surface area contributed by atoms with Crippen LogP contribution < -0.4 is 10.0 Å². The smallest absolute Gasteiger partial charge is 0.211 e. The van der Waals surface area contributed by atoms with E-state index >= 15 is 0 Å². The van der Waals surface area contributed by atoms with Gasteiger partial charge in [0.05, 0.1) is 5.75 Å². The van der Waals surface area contributed by atoms with Crippen LogP contribution in [0, 0.1) is 5.41 Å². The lowest BCUT2D eigenvalue weighted by Gasteiger charge is -2.15. The molecule has 2 N–H and O–H groups in total. The highest BCUT2D eigenvalue weighted by Crippen LogP contribution is 2.48. The van der Waals surface area contributed by atoms with Gasteiger partial charge in [0.1, 0.15) is 0 Å². The SMILES string of the molecule is CCCNCCCCS(=O)(=O)NCC1(CCOC)CC1. The zero-order valence-corrected chi connectivity index (χ0v) is 13.7. The molecule has 0 bridgehead atoms. The molecule has 1 rings (SSSR count). The number of nitrogens with one attached hydrogen (secondary N) is 2. The lowest BCUT2D eigenvalue weighted by atomic mass is 10.0. The first-order valence-corrected chi connectivity index (χ1v) is 9.36. The van der Waals surface area contributed by atoms with E-state index in [2.05, 4.69) is 17.0 Å². The fraction of sp³-hybridized carbons (Fsp3) is 1.00. The van der Waals surface area contributed by atoms with Crippen molar-refractivity contribution < 1.29 is 13.2 Å². The topological polar surface area (TPSA) is 67.4 Å². The number of methoxy groups -OCH3 is 1. The Kier molecular flexibility index (Phi) is 8.02. The van der Waals surface area contributed by atoms with Gasteiger partial charge < -0.3 is 10.1 Å². The zero-order chi connectivity index (χ0) is 14.9. The van der Waals surface area contributed by atoms with Crippen molar-refractivity contribution in [2.24, 2.45) is 5.41 Å². The van der Waals surface area contributed by atoms with Crippen LogP contribution in [0.5, 0.6) is 0 Å². The molecular formula is C14H30N2O3S. The van der Waals surface area contributed by atoms with Crippen molar-refractivity contribution in [2.75, 3.05) is 39.1 Å². The molecular weight excluding hydrogens is 276 g/mol. The summed E-state index contributed by atoms with van der Waals surface area (Å²) in [4.78, 5) is 0. The van der Waals surface area contributed by atoms with Gasteiger partial charge in [-0.15, -0.1) is 0 Å². The second-order valence-electron chi connectivity index (χ2n) is 5.84. The molecule has 0 heterocycles. The Morgan fingerprint density at radius 2 is 1.95 bits per heavy atom. The third-order valence-corrected chi connectivity index (χ3v) is 5.31. The van der Waals surface area contributed by atoms with Crippen LogP contribution in [0.2, 0.25) is 0 Å². The summed E-state index contributed by atoms with van der Waals surface area (Å²) >= 11 is 0. The Morgan fingerprint density at radius 3 is 2.55 bits per heavy atom. The predicted molar refractivity (Wildman–Crippen MR) is 82.3 cm³/mol. The largest absolute Gasteiger partial charge is 0.385 e. The molecule has 0 spiro atoms. The summed E-state index contributed by atoms with van der Waals surface area (Å²) in [6, 6.07) is 0. The summed E-state index contributed by atoms with van der Waals surface area (Å²) < 4.78 is 31.7. The molecule has 0 saturated heterocycles. The molecule has 0 radical (unpaired) electrons. The first-order chi connectivity index (χ1) is 9.54. The highest BCUT2D eigenvalue weighted by atomic mass is 32.2. The number of hydrogen-bond acceptors (Lipinski definition) is 4. The highest BCUT2D eigenvalue weighted by molar-refractivity contribution is 7.89. The van der Waals surface area contributed by atoms with Gasteiger partial charge in [-0.1, -0.05) is 6.92 Å². The minimum atomic E-state index is -3.11. The second-order valence-corrected chi connectivity index (χ2v) is 7.77. The lowest BCUT2D eigenvalue weighted by Crippen LogP contribution is -2.32. The van der Waals surface area contributed by atoms with E-state index in [-0.39, 0.29) is 11.2 Å². The van der Waals surface area contributed by atoms with Gasteiger partial charge in [0.15, 0.2) is 0 Å². The maximum Gasteiger partial charge on any atom is 0.211 e. The molecule has 0 aromatic heterocycles. The van der Waals surface area contributed by atoms with Crippen molar-refractivity contribution in [1.29, 1.82) is 0 Å². The van der Waals surface area contributed by atoms with Crippen molar-refractivity contribution in [3.63, 3.8) is 0 Å². The minimum absolute atomic E-state index is 0.172. The van der Waals surface area contributed by atoms with Crippen LogP contribution in [-0.4, -0.2) is 47.5 Å². The van der Waals surface area contributed by atoms with Gasteiger partial charge in [0, 0.05) is 20.3 Å². The number of rotatable bonds is 13. The zero-order valence-electron chi connectivity index (χ0n) is 12.9. The van der Waals surface area contributed by atoms with Crippen LogP contribution in [0.25, 0.3) is 0 Å². The average molecular weight is 306 g/mol. The van der Waals surface area contributed by atoms with Gasteiger partial charge in [-0.05, 0) is 57.0 Å². The van der Waals surface area contributed by atoms with E-state index in [0.717, 1.165) is 51.6 Å². The Morgan fingerprint density at radius 1 is 1.20 bits per heavy atom. The number of ether oxygens (including phenoxy) is 1. The van der Waals surface area contributed by atoms with Crippen LogP contribution in [0.15, 0.2) is 0 Å². The number of sulfonamides is 1. The Labute approximate surface area is 123 Å². The van der Waals surface area contributed by atoms with Crippen LogP contribution in [0.3, 0.4) is 0 Å². The first-order valence-electron chi connectivity index (χ1n) is 7.71. The van der Waals surface area contributed by atoms with Crippen LogP contribution in [0.1, 0.15) is 45.4 Å². The van der Waals surface area contributed by atoms with E-state index in [1.807, 2.05) is 0 Å². The standard InChI is InChI=1S/C14H30N2O3S/c1-3-9-15-10-4-5-12-20(17,18)16-13-14(6-7-14)8-11-19-2/h15-16H,3-13H2,1-2H3. The first kappa shape index (κ1) is 17.9. The molecule has 1 aliphatic carbocycles. The normalized spacial score (nSPS) is 17.3. The van der Waals surface area contributed by atoms with E-state index in [4.69, 9.17) is 4.74 Å². The minimum Gasteiger partial charge on any atom is -0.385 e. The summed E-state index contributed by atoms with van der Waals surface area (Å²) in [5.41, 5.74) is 0.172. The molecule has 120 valence electrons. The maximum atomic E-state index is 11.9. The third kappa shape index (κ3) is 7.57. The molecule has 1 aliphatic rings. The van der Waals surface area contributed by atoms with Crippen molar-refractivity contribution in [3.05, 3.63) is 0 Å². The molecule has 0 aromatic rings. The quantitative estimate of drug-likeness (QED) is 0.506. The number of hydrogen-bond donors (Lipinski definition) is 2. The van der Waals surface area contributed by atoms with Crippen molar-refractivity contribution in [1.82, 2.24) is 10.0 Å². The summed E-state index contributed by atoms with van der Waals surface area (Å²) in [5, 5.41) is 3.28. The van der Waals surface area contributed by atoms with E-state index in [1.54, 1.807) is 7.11 Å². The van der Waals surface area contributed by atoms with Gasteiger partial charge in [0.25, 0.3) is 0 Å². The Hall–Kier alpha value is -0.170. The molecule has 0 atom stereocenters. The van der Waals surface area contributed by atoms with Gasteiger partial charge in [-0.2, -0.15) is 0 Å². The van der Waals surface area contributed by atoms with Gasteiger partial charge in [-0.3, -0.25) is 0 Å². The molecule has 6 heteroatoms. The molecule has 0 unspecified atom stereocenters. The van der Waals surface area contributed by atoms with E-state index in [0.29, 0.717) is 13.2 Å². The highest BCUT2D eigenvalue weighted by Gasteiger charge is 2.42. The summed E-state index contributed by atoms with van der Waals surface area (Å²) in [5.74, 6) is 0.237. The molecule has 1 saturated carbocycles. The Bertz CT molecular complexity index is 353. The monoisotopic (exact) mass is 306 g/mol. The molecule has 0 amide bonds. The van der Waals surface area contributed by atoms with E-state index in [1.165, 1.54) is 0 Å². The maximum absolute atomic E-state index is 11.9. The summed E-state index contributed by atoms with van der Waals surface area (Å²) in [6.45, 7) is 5.32. The van der Waals surface area contributed by atoms with Crippen molar-refractivity contribution >= 4 is 10.0 Å². The van der Waals surface area contributed by atoms with Crippen LogP contribution in [0.4, 0.5) is 0 Å². The average Bonchev–Trinajstić information content (AvgIpc) is 3.19. The van der Waals surface area contributed by atoms with Crippen molar-refractivity contribution in [2.45, 2.75) is 45.4 Å². The van der Waals surface area contributed by atoms with Gasteiger partial charge in [0.2, 0.25) is 10.0 Å². The van der Waals surface area contributed by atoms with E-state index in [9.17, 15) is 8.42 Å². The van der Waals surface area contributed by atoms with E-state index < -0.39 is 10.0 Å². The summed E-state index contributed by atoms with van der Waals surface area (Å²) in [6.07, 6.45) is 5.92. The molecule has 20 heavy (non-hydrogen) atoms. The van der Waals surface area contributed by atoms with Crippen molar-refractivity contribution in [3.8, 4) is 0 Å². The molecule has 0 aliphatic heterocycles. The third-order valence-electron chi connectivity index (χ3n) is 3.90. The predicted octanol–water partition coefficient (Wildman–Crippen LogP) is 1.50. The Balaban J connectivity index is 2.12. The molecule has 5 nitrogen and oxygen atoms in total. The second kappa shape index (κ2) is 8.97.